The molecule has 10 heteroatoms. The van der Waals surface area contributed by atoms with Crippen molar-refractivity contribution in [2.75, 3.05) is 6.54 Å². The Labute approximate surface area is 210 Å². The number of Topliss-reactive ketones (excluding diaryl/α,β-unsaturated/α-hetero) is 1. The molecule has 0 saturated heterocycles. The smallest absolute Gasteiger partial charge is 0.407 e. The standard InChI is InChI=1S/C25H24N4O4S2/c30-21(23-29-18-10-4-5-12-20(18)35-23)19(28-22(31)24-26-14-15-34-24)11-6-7-13-27-25(32)33-16-17-8-2-1-3-9-17/h1-5,8-10,12,14-15,19H,6-7,11,13,16H2,(H,27,32)(H,28,31). The number of fused-ring (bicyclic) bond motifs is 1. The molecule has 0 aliphatic heterocycles. The van der Waals surface area contributed by atoms with Crippen LogP contribution in [0.1, 0.15) is 44.4 Å². The van der Waals surface area contributed by atoms with E-state index in [-0.39, 0.29) is 18.3 Å². The summed E-state index contributed by atoms with van der Waals surface area (Å²) in [6.45, 7) is 0.601. The van der Waals surface area contributed by atoms with E-state index in [0.717, 1.165) is 15.8 Å². The molecule has 2 aromatic carbocycles. The van der Waals surface area contributed by atoms with Gasteiger partial charge in [-0.2, -0.15) is 0 Å². The van der Waals surface area contributed by atoms with Crippen LogP contribution >= 0.6 is 22.7 Å². The number of hydrogen-bond acceptors (Lipinski definition) is 8. The van der Waals surface area contributed by atoms with Gasteiger partial charge in [0.25, 0.3) is 5.91 Å². The van der Waals surface area contributed by atoms with Crippen molar-refractivity contribution in [2.24, 2.45) is 0 Å². The maximum Gasteiger partial charge on any atom is 0.407 e. The molecule has 0 bridgehead atoms. The molecule has 2 amide bonds. The van der Waals surface area contributed by atoms with Gasteiger partial charge in [-0.3, -0.25) is 9.59 Å². The predicted molar refractivity (Wildman–Crippen MR) is 136 cm³/mol. The summed E-state index contributed by atoms with van der Waals surface area (Å²) in [5, 5.41) is 7.90. The van der Waals surface area contributed by atoms with Crippen LogP contribution in [0, 0.1) is 0 Å². The van der Waals surface area contributed by atoms with Gasteiger partial charge in [0.05, 0.1) is 16.3 Å². The van der Waals surface area contributed by atoms with Crippen LogP contribution in [-0.2, 0) is 11.3 Å². The zero-order valence-corrected chi connectivity index (χ0v) is 20.4. The van der Waals surface area contributed by atoms with E-state index >= 15 is 0 Å². The zero-order chi connectivity index (χ0) is 24.5. The highest BCUT2D eigenvalue weighted by atomic mass is 32.1. The molecule has 4 rings (SSSR count). The number of benzene rings is 2. The van der Waals surface area contributed by atoms with E-state index in [4.69, 9.17) is 4.74 Å². The molecular weight excluding hydrogens is 484 g/mol. The fourth-order valence-corrected chi connectivity index (χ4v) is 4.89. The first-order valence-corrected chi connectivity index (χ1v) is 12.8. The SMILES string of the molecule is O=C(NCCCCC(NC(=O)c1nccs1)C(=O)c1nc2ccccc2s1)OCc1ccccc1. The molecule has 35 heavy (non-hydrogen) atoms. The number of unbranched alkanes of at least 4 members (excludes halogenated alkanes) is 1. The minimum absolute atomic E-state index is 0.203. The third-order valence-corrected chi connectivity index (χ3v) is 6.98. The van der Waals surface area contributed by atoms with Gasteiger partial charge in [0.15, 0.2) is 10.0 Å². The van der Waals surface area contributed by atoms with Crippen LogP contribution < -0.4 is 10.6 Å². The van der Waals surface area contributed by atoms with E-state index in [1.54, 1.807) is 11.6 Å². The molecular formula is C25H24N4O4S2. The monoisotopic (exact) mass is 508 g/mol. The van der Waals surface area contributed by atoms with Gasteiger partial charge >= 0.3 is 6.09 Å². The van der Waals surface area contributed by atoms with Crippen molar-refractivity contribution in [1.29, 1.82) is 0 Å². The third-order valence-electron chi connectivity index (χ3n) is 5.15. The summed E-state index contributed by atoms with van der Waals surface area (Å²) in [6, 6.07) is 16.2. The summed E-state index contributed by atoms with van der Waals surface area (Å²) in [6.07, 6.45) is 2.70. The van der Waals surface area contributed by atoms with E-state index in [2.05, 4.69) is 20.6 Å². The van der Waals surface area contributed by atoms with Gasteiger partial charge in [-0.15, -0.1) is 22.7 Å². The first kappa shape index (κ1) is 24.5. The molecule has 0 aliphatic rings. The number of alkyl carbamates (subject to hydrolysis) is 1. The Morgan fingerprint density at radius 3 is 2.54 bits per heavy atom. The minimum atomic E-state index is -0.739. The Morgan fingerprint density at radius 2 is 1.77 bits per heavy atom. The van der Waals surface area contributed by atoms with Crippen molar-refractivity contribution in [1.82, 2.24) is 20.6 Å². The molecule has 0 radical (unpaired) electrons. The van der Waals surface area contributed by atoms with Crippen LogP contribution in [0.4, 0.5) is 4.79 Å². The summed E-state index contributed by atoms with van der Waals surface area (Å²) >= 11 is 2.52. The van der Waals surface area contributed by atoms with E-state index in [0.29, 0.717) is 35.8 Å². The van der Waals surface area contributed by atoms with Gasteiger partial charge in [-0.1, -0.05) is 42.5 Å². The third kappa shape index (κ3) is 6.93. The number of carbonyl (C=O) groups excluding carboxylic acids is 3. The predicted octanol–water partition coefficient (Wildman–Crippen LogP) is 4.83. The molecule has 0 saturated carbocycles. The Kier molecular flexibility index (Phi) is 8.53. The normalized spacial score (nSPS) is 11.7. The van der Waals surface area contributed by atoms with Crippen LogP contribution in [0.3, 0.4) is 0 Å². The zero-order valence-electron chi connectivity index (χ0n) is 18.8. The lowest BCUT2D eigenvalue weighted by Crippen LogP contribution is -2.41. The van der Waals surface area contributed by atoms with Gasteiger partial charge in [-0.25, -0.2) is 14.8 Å². The molecule has 1 unspecified atom stereocenters. The molecule has 8 nitrogen and oxygen atoms in total. The number of hydrogen-bond donors (Lipinski definition) is 2. The topological polar surface area (TPSA) is 110 Å². The number of thiazole rings is 2. The minimum Gasteiger partial charge on any atom is -0.445 e. The second-order valence-electron chi connectivity index (χ2n) is 7.70. The average Bonchev–Trinajstić information content (AvgIpc) is 3.57. The first-order chi connectivity index (χ1) is 17.1. The maximum atomic E-state index is 13.2. The molecule has 180 valence electrons. The van der Waals surface area contributed by atoms with Gasteiger partial charge in [0, 0.05) is 18.1 Å². The number of ketones is 1. The molecule has 2 aromatic heterocycles. The van der Waals surface area contributed by atoms with Crippen molar-refractivity contribution < 1.29 is 19.1 Å². The lowest BCUT2D eigenvalue weighted by molar-refractivity contribution is 0.0850. The van der Waals surface area contributed by atoms with Crippen molar-refractivity contribution in [2.45, 2.75) is 31.9 Å². The van der Waals surface area contributed by atoms with E-state index in [1.165, 1.54) is 22.7 Å². The highest BCUT2D eigenvalue weighted by molar-refractivity contribution is 7.20. The molecule has 4 aromatic rings. The summed E-state index contributed by atoms with van der Waals surface area (Å²) in [5.41, 5.74) is 1.67. The Morgan fingerprint density at radius 1 is 0.971 bits per heavy atom. The molecule has 0 aliphatic carbocycles. The summed E-state index contributed by atoms with van der Waals surface area (Å²) in [4.78, 5) is 46.2. The Hall–Kier alpha value is -3.63. The van der Waals surface area contributed by atoms with Gasteiger partial charge in [0.2, 0.25) is 5.78 Å². The van der Waals surface area contributed by atoms with E-state index in [1.807, 2.05) is 54.6 Å². The van der Waals surface area contributed by atoms with Crippen LogP contribution in [0.5, 0.6) is 0 Å². The number of aromatic nitrogens is 2. The number of ether oxygens (including phenoxy) is 1. The Bertz CT molecular complexity index is 1240. The quantitative estimate of drug-likeness (QED) is 0.222. The second-order valence-corrected chi connectivity index (χ2v) is 9.62. The van der Waals surface area contributed by atoms with Crippen molar-refractivity contribution in [3.8, 4) is 0 Å². The van der Waals surface area contributed by atoms with Crippen molar-refractivity contribution in [3.05, 3.63) is 81.8 Å². The van der Waals surface area contributed by atoms with Crippen LogP contribution in [-0.4, -0.2) is 40.3 Å². The summed E-state index contributed by atoms with van der Waals surface area (Å²) < 4.78 is 6.12. The average molecular weight is 509 g/mol. The van der Waals surface area contributed by atoms with Crippen LogP contribution in [0.2, 0.25) is 0 Å². The second kappa shape index (κ2) is 12.2. The van der Waals surface area contributed by atoms with Crippen LogP contribution in [0.25, 0.3) is 10.2 Å². The molecule has 0 fully saturated rings. The summed E-state index contributed by atoms with van der Waals surface area (Å²) in [5.74, 6) is -0.617. The highest BCUT2D eigenvalue weighted by Crippen LogP contribution is 2.23. The molecule has 1 atom stereocenters. The molecule has 2 heterocycles. The number of rotatable bonds is 11. The van der Waals surface area contributed by atoms with Gasteiger partial charge in [-0.05, 0) is 37.0 Å². The fraction of sp³-hybridized carbons (Fsp3) is 0.240. The fourth-order valence-electron chi connectivity index (χ4n) is 3.39. The summed E-state index contributed by atoms with van der Waals surface area (Å²) in [7, 11) is 0. The maximum absolute atomic E-state index is 13.2. The molecule has 0 spiro atoms. The largest absolute Gasteiger partial charge is 0.445 e. The number of nitrogens with zero attached hydrogens (tertiary/aromatic N) is 2. The number of nitrogens with one attached hydrogen (secondary N) is 2. The highest BCUT2D eigenvalue weighted by Gasteiger charge is 2.26. The van der Waals surface area contributed by atoms with Crippen molar-refractivity contribution in [3.63, 3.8) is 0 Å². The molecule has 2 N–H and O–H groups in total. The number of para-hydroxylation sites is 1. The number of amides is 2. The van der Waals surface area contributed by atoms with Gasteiger partial charge in [0.1, 0.15) is 6.61 Å². The van der Waals surface area contributed by atoms with Crippen molar-refractivity contribution >= 4 is 50.7 Å². The lowest BCUT2D eigenvalue weighted by Gasteiger charge is -2.16. The Balaban J connectivity index is 1.30. The lowest BCUT2D eigenvalue weighted by atomic mass is 10.1. The van der Waals surface area contributed by atoms with E-state index in [9.17, 15) is 14.4 Å². The van der Waals surface area contributed by atoms with E-state index < -0.39 is 12.1 Å². The van der Waals surface area contributed by atoms with Crippen LogP contribution in [0.15, 0.2) is 66.2 Å². The first-order valence-electron chi connectivity index (χ1n) is 11.1. The number of carbonyl (C=O) groups is 3. The van der Waals surface area contributed by atoms with Gasteiger partial charge < -0.3 is 15.4 Å².